The number of hydrogen-bond acceptors (Lipinski definition) is 4. The summed E-state index contributed by atoms with van der Waals surface area (Å²) in [7, 11) is 0. The summed E-state index contributed by atoms with van der Waals surface area (Å²) in [6.07, 6.45) is 5.45. The van der Waals surface area contributed by atoms with Crippen LogP contribution in [0.5, 0.6) is 5.75 Å². The summed E-state index contributed by atoms with van der Waals surface area (Å²) in [4.78, 5) is 17.1. The number of rotatable bonds is 4. The Morgan fingerprint density at radius 3 is 2.63 bits per heavy atom. The molecular formula is C23H23BrClN3O2. The number of aromatic hydroxyl groups is 1. The Hall–Kier alpha value is -2.31. The van der Waals surface area contributed by atoms with Gasteiger partial charge in [0.2, 0.25) is 0 Å². The lowest BCUT2D eigenvalue weighted by Gasteiger charge is -2.30. The quantitative estimate of drug-likeness (QED) is 0.433. The molecule has 1 amide bonds. The second kappa shape index (κ2) is 8.82. The van der Waals surface area contributed by atoms with Crippen molar-refractivity contribution in [3.05, 3.63) is 63.2 Å². The molecule has 0 radical (unpaired) electrons. The molecule has 7 heteroatoms. The predicted molar refractivity (Wildman–Crippen MR) is 124 cm³/mol. The minimum Gasteiger partial charge on any atom is -0.507 e. The third-order valence-corrected chi connectivity index (χ3v) is 6.33. The van der Waals surface area contributed by atoms with Crippen molar-refractivity contribution in [1.29, 1.82) is 0 Å². The van der Waals surface area contributed by atoms with Gasteiger partial charge >= 0.3 is 0 Å². The third kappa shape index (κ3) is 4.55. The summed E-state index contributed by atoms with van der Waals surface area (Å²) < 4.78 is 0.779. The predicted octanol–water partition coefficient (Wildman–Crippen LogP) is 5.82. The fourth-order valence-corrected chi connectivity index (χ4v) is 4.76. The van der Waals surface area contributed by atoms with E-state index >= 15 is 0 Å². The number of amides is 1. The smallest absolute Gasteiger partial charge is 0.255 e. The fraction of sp³-hybridized carbons (Fsp3) is 0.304. The summed E-state index contributed by atoms with van der Waals surface area (Å²) in [5, 5.41) is 18.7. The Morgan fingerprint density at radius 2 is 1.87 bits per heavy atom. The number of hydrogen-bond donors (Lipinski definition) is 3. The van der Waals surface area contributed by atoms with Crippen LogP contribution in [0.4, 0.5) is 5.69 Å². The first-order chi connectivity index (χ1) is 14.4. The molecule has 0 unspecified atom stereocenters. The van der Waals surface area contributed by atoms with Crippen molar-refractivity contribution in [2.45, 2.75) is 44.7 Å². The zero-order valence-electron chi connectivity index (χ0n) is 16.6. The molecule has 1 aromatic heterocycles. The van der Waals surface area contributed by atoms with E-state index in [4.69, 9.17) is 11.6 Å². The number of nitrogens with one attached hydrogen (secondary N) is 2. The molecule has 2 aromatic carbocycles. The van der Waals surface area contributed by atoms with Crippen LogP contribution in [0.15, 0.2) is 47.1 Å². The molecule has 0 bridgehead atoms. The summed E-state index contributed by atoms with van der Waals surface area (Å²) >= 11 is 9.47. The number of halogens is 2. The van der Waals surface area contributed by atoms with Crippen LogP contribution in [-0.2, 0) is 0 Å². The average Bonchev–Trinajstić information content (AvgIpc) is 2.72. The lowest BCUT2D eigenvalue weighted by atomic mass is 9.90. The highest BCUT2D eigenvalue weighted by Gasteiger charge is 2.24. The minimum atomic E-state index is -0.231. The number of fused-ring (bicyclic) bond motifs is 1. The van der Waals surface area contributed by atoms with Gasteiger partial charge in [0.15, 0.2) is 0 Å². The first kappa shape index (κ1) is 20.9. The summed E-state index contributed by atoms with van der Waals surface area (Å²) in [5.41, 5.74) is 2.91. The summed E-state index contributed by atoms with van der Waals surface area (Å²) in [5.74, 6) is -0.193. The van der Waals surface area contributed by atoms with E-state index in [1.165, 1.54) is 0 Å². The molecule has 1 aliphatic carbocycles. The van der Waals surface area contributed by atoms with Gasteiger partial charge in [0.1, 0.15) is 5.75 Å². The molecule has 0 aliphatic heterocycles. The van der Waals surface area contributed by atoms with Crippen LogP contribution in [0, 0.1) is 6.92 Å². The van der Waals surface area contributed by atoms with Crippen molar-refractivity contribution in [3.8, 4) is 5.75 Å². The summed E-state index contributed by atoms with van der Waals surface area (Å²) in [6, 6.07) is 11.6. The monoisotopic (exact) mass is 487 g/mol. The average molecular weight is 489 g/mol. The van der Waals surface area contributed by atoms with Crippen LogP contribution < -0.4 is 10.6 Å². The number of carbonyl (C=O) groups excluding carboxylic acids is 1. The second-order valence-corrected chi connectivity index (χ2v) is 9.16. The number of phenolic OH excluding ortho intramolecular Hbond substituents is 1. The fourth-order valence-electron chi connectivity index (χ4n) is 4.02. The normalized spacial score (nSPS) is 18.9. The molecule has 156 valence electrons. The molecule has 3 N–H and O–H groups in total. The van der Waals surface area contributed by atoms with Crippen molar-refractivity contribution in [1.82, 2.24) is 10.3 Å². The minimum absolute atomic E-state index is 0.0377. The van der Waals surface area contributed by atoms with Gasteiger partial charge in [-0.2, -0.15) is 0 Å². The number of anilines is 1. The molecule has 0 saturated heterocycles. The maximum absolute atomic E-state index is 12.7. The molecule has 1 saturated carbocycles. The van der Waals surface area contributed by atoms with Gasteiger partial charge in [-0.25, -0.2) is 0 Å². The Balaban J connectivity index is 1.37. The van der Waals surface area contributed by atoms with Crippen LogP contribution in [-0.4, -0.2) is 28.1 Å². The number of pyridine rings is 1. The van der Waals surface area contributed by atoms with Gasteiger partial charge in [0, 0.05) is 38.8 Å². The second-order valence-electron chi connectivity index (χ2n) is 7.81. The lowest BCUT2D eigenvalue weighted by molar-refractivity contribution is 0.0923. The van der Waals surface area contributed by atoms with E-state index in [2.05, 4.69) is 31.5 Å². The Morgan fingerprint density at radius 1 is 1.13 bits per heavy atom. The molecule has 0 spiro atoms. The highest BCUT2D eigenvalue weighted by molar-refractivity contribution is 9.10. The maximum atomic E-state index is 12.7. The van der Waals surface area contributed by atoms with E-state index < -0.39 is 0 Å². The number of aryl methyl sites for hydroxylation is 1. The van der Waals surface area contributed by atoms with Crippen LogP contribution >= 0.6 is 27.5 Å². The van der Waals surface area contributed by atoms with Crippen molar-refractivity contribution in [2.75, 3.05) is 5.32 Å². The Kier molecular flexibility index (Phi) is 6.16. The SMILES string of the molecule is Cc1cc(Br)cc(C(=O)NC2CCC(Nc3ccnc4cc(Cl)ccc34)CC2)c1O. The van der Waals surface area contributed by atoms with Crippen LogP contribution in [0.3, 0.4) is 0 Å². The van der Waals surface area contributed by atoms with E-state index in [9.17, 15) is 9.90 Å². The van der Waals surface area contributed by atoms with E-state index in [0.717, 1.165) is 46.7 Å². The number of nitrogens with zero attached hydrogens (tertiary/aromatic N) is 1. The third-order valence-electron chi connectivity index (χ3n) is 5.64. The molecule has 30 heavy (non-hydrogen) atoms. The van der Waals surface area contributed by atoms with Crippen molar-refractivity contribution in [3.63, 3.8) is 0 Å². The molecule has 3 aromatic rings. The van der Waals surface area contributed by atoms with Gasteiger partial charge in [-0.1, -0.05) is 27.5 Å². The Bertz CT molecular complexity index is 1100. The molecule has 1 aliphatic rings. The first-order valence-electron chi connectivity index (χ1n) is 10.0. The molecule has 1 heterocycles. The van der Waals surface area contributed by atoms with E-state index in [1.807, 2.05) is 24.3 Å². The molecule has 0 atom stereocenters. The number of benzene rings is 2. The molecule has 5 nitrogen and oxygen atoms in total. The molecule has 1 fully saturated rings. The number of aromatic nitrogens is 1. The number of phenols is 1. The van der Waals surface area contributed by atoms with Gasteiger partial charge in [0.25, 0.3) is 5.91 Å². The summed E-state index contributed by atoms with van der Waals surface area (Å²) in [6.45, 7) is 1.78. The van der Waals surface area contributed by atoms with Gasteiger partial charge in [-0.15, -0.1) is 0 Å². The van der Waals surface area contributed by atoms with Gasteiger partial charge < -0.3 is 15.7 Å². The van der Waals surface area contributed by atoms with Crippen LogP contribution in [0.25, 0.3) is 10.9 Å². The van der Waals surface area contributed by atoms with Gasteiger partial charge in [-0.05, 0) is 74.6 Å². The first-order valence-corrected chi connectivity index (χ1v) is 11.2. The van der Waals surface area contributed by atoms with Gasteiger partial charge in [0.05, 0.1) is 11.1 Å². The molecular weight excluding hydrogens is 466 g/mol. The van der Waals surface area contributed by atoms with Crippen LogP contribution in [0.2, 0.25) is 5.02 Å². The van der Waals surface area contributed by atoms with E-state index in [0.29, 0.717) is 22.2 Å². The standard InChI is InChI=1S/C23H23BrClN3O2/c1-13-10-14(24)11-19(22(13)29)23(30)28-17-5-3-16(4-6-17)27-20-8-9-26-21-12-15(25)2-7-18(20)21/h2,7-12,16-17,29H,3-6H2,1H3,(H,26,27)(H,28,30). The maximum Gasteiger partial charge on any atom is 0.255 e. The van der Waals surface area contributed by atoms with Crippen molar-refractivity contribution >= 4 is 50.0 Å². The zero-order valence-corrected chi connectivity index (χ0v) is 18.9. The van der Waals surface area contributed by atoms with E-state index in [-0.39, 0.29) is 17.7 Å². The van der Waals surface area contributed by atoms with Crippen LogP contribution in [0.1, 0.15) is 41.6 Å². The zero-order chi connectivity index (χ0) is 21.3. The largest absolute Gasteiger partial charge is 0.507 e. The van der Waals surface area contributed by atoms with Gasteiger partial charge in [-0.3, -0.25) is 9.78 Å². The number of carbonyl (C=O) groups is 1. The van der Waals surface area contributed by atoms with Crippen molar-refractivity contribution in [2.24, 2.45) is 0 Å². The van der Waals surface area contributed by atoms with E-state index in [1.54, 1.807) is 25.3 Å². The lowest BCUT2D eigenvalue weighted by Crippen LogP contribution is -2.40. The highest BCUT2D eigenvalue weighted by atomic mass is 79.9. The topological polar surface area (TPSA) is 74.2 Å². The highest BCUT2D eigenvalue weighted by Crippen LogP contribution is 2.30. The van der Waals surface area contributed by atoms with Crippen molar-refractivity contribution < 1.29 is 9.90 Å². The Labute approximate surface area is 189 Å². The molecule has 4 rings (SSSR count).